The molecule has 0 saturated heterocycles. The minimum atomic E-state index is -0.987. The maximum absolute atomic E-state index is 10.1. The Hall–Kier alpha value is -0.610. The van der Waals surface area contributed by atoms with Gasteiger partial charge >= 0.3 is 5.97 Å². The van der Waals surface area contributed by atoms with Gasteiger partial charge in [-0.1, -0.05) is 0 Å². The third-order valence-electron chi connectivity index (χ3n) is 1.57. The van der Waals surface area contributed by atoms with Gasteiger partial charge in [-0.2, -0.15) is 0 Å². The van der Waals surface area contributed by atoms with Crippen molar-refractivity contribution in [3.05, 3.63) is 0 Å². The first-order valence-corrected chi connectivity index (χ1v) is 4.10. The fourth-order valence-corrected chi connectivity index (χ4v) is 0.953. The molecule has 0 aliphatic heterocycles. The van der Waals surface area contributed by atoms with Crippen molar-refractivity contribution in [2.24, 2.45) is 0 Å². The summed E-state index contributed by atoms with van der Waals surface area (Å²) in [5.41, 5.74) is 0. The molecule has 0 aromatic heterocycles. The van der Waals surface area contributed by atoms with Gasteiger partial charge in [-0.3, -0.25) is 4.79 Å². The highest BCUT2D eigenvalue weighted by Gasteiger charge is 2.09. The molecule has 0 amide bonds. The topological polar surface area (TPSA) is 77.8 Å². The fraction of sp³-hybridized carbons (Fsp3) is 0.875. The molecule has 0 radical (unpaired) electrons. The van der Waals surface area contributed by atoms with Crippen LogP contribution in [0.3, 0.4) is 0 Å². The van der Waals surface area contributed by atoms with E-state index < -0.39 is 12.1 Å². The maximum Gasteiger partial charge on any atom is 0.305 e. The van der Waals surface area contributed by atoms with Crippen molar-refractivity contribution in [2.45, 2.75) is 44.8 Å². The van der Waals surface area contributed by atoms with Gasteiger partial charge in [-0.15, -0.1) is 0 Å². The molecule has 0 fully saturated rings. The highest BCUT2D eigenvalue weighted by molar-refractivity contribution is 5.67. The van der Waals surface area contributed by atoms with Crippen LogP contribution in [0.5, 0.6) is 0 Å². The number of carbonyl (C=O) groups is 1. The average molecular weight is 176 g/mol. The Morgan fingerprint density at radius 2 is 1.92 bits per heavy atom. The fourth-order valence-electron chi connectivity index (χ4n) is 0.953. The number of carboxylic acids is 1. The minimum absolute atomic E-state index is 0.209. The van der Waals surface area contributed by atoms with Crippen molar-refractivity contribution in [3.8, 4) is 0 Å². The molecular formula is C8H16O4. The molecule has 0 saturated carbocycles. The molecule has 4 heteroatoms. The van der Waals surface area contributed by atoms with Gasteiger partial charge in [-0.25, -0.2) is 0 Å². The molecule has 2 atom stereocenters. The molecule has 0 aromatic rings. The van der Waals surface area contributed by atoms with Crippen LogP contribution in [0.15, 0.2) is 0 Å². The second-order valence-corrected chi connectivity index (χ2v) is 3.03. The zero-order chi connectivity index (χ0) is 9.56. The van der Waals surface area contributed by atoms with E-state index in [1.165, 1.54) is 0 Å². The lowest BCUT2D eigenvalue weighted by molar-refractivity contribution is -0.139. The van der Waals surface area contributed by atoms with Crippen LogP contribution in [0.1, 0.15) is 32.6 Å². The Bertz CT molecular complexity index is 133. The van der Waals surface area contributed by atoms with Crippen LogP contribution >= 0.6 is 0 Å². The van der Waals surface area contributed by atoms with Gasteiger partial charge < -0.3 is 15.3 Å². The smallest absolute Gasteiger partial charge is 0.305 e. The molecule has 0 bridgehead atoms. The summed E-state index contributed by atoms with van der Waals surface area (Å²) in [6, 6.07) is 0. The summed E-state index contributed by atoms with van der Waals surface area (Å²) in [5, 5.41) is 26.2. The molecular weight excluding hydrogens is 160 g/mol. The standard InChI is InChI=1S/C8H16O4/c1-6(9)3-2-4-7(10)5-8(11)12/h6-7,9-10H,2-5H2,1H3,(H,11,12)/t6-,7-/m1/s1. The molecule has 12 heavy (non-hydrogen) atoms. The monoisotopic (exact) mass is 176 g/mol. The van der Waals surface area contributed by atoms with E-state index in [1.807, 2.05) is 0 Å². The Labute approximate surface area is 71.8 Å². The van der Waals surface area contributed by atoms with E-state index in [9.17, 15) is 4.79 Å². The lowest BCUT2D eigenvalue weighted by Gasteiger charge is -2.08. The van der Waals surface area contributed by atoms with Crippen molar-refractivity contribution in [3.63, 3.8) is 0 Å². The van der Waals surface area contributed by atoms with Crippen LogP contribution in [-0.2, 0) is 4.79 Å². The number of aliphatic carboxylic acids is 1. The molecule has 4 nitrogen and oxygen atoms in total. The summed E-state index contributed by atoms with van der Waals surface area (Å²) in [6.07, 6.45) is 0.350. The lowest BCUT2D eigenvalue weighted by Crippen LogP contribution is -2.13. The highest BCUT2D eigenvalue weighted by atomic mass is 16.4. The van der Waals surface area contributed by atoms with Crippen molar-refractivity contribution in [2.75, 3.05) is 0 Å². The van der Waals surface area contributed by atoms with Crippen LogP contribution in [0.4, 0.5) is 0 Å². The number of aliphatic hydroxyl groups is 2. The van der Waals surface area contributed by atoms with E-state index in [4.69, 9.17) is 15.3 Å². The summed E-state index contributed by atoms with van der Waals surface area (Å²) in [4.78, 5) is 10.1. The van der Waals surface area contributed by atoms with E-state index in [-0.39, 0.29) is 12.5 Å². The van der Waals surface area contributed by atoms with Gasteiger partial charge in [0.2, 0.25) is 0 Å². The van der Waals surface area contributed by atoms with Crippen LogP contribution in [0.2, 0.25) is 0 Å². The number of carboxylic acid groups (broad SMARTS) is 1. The van der Waals surface area contributed by atoms with Gasteiger partial charge in [0.15, 0.2) is 0 Å². The quantitative estimate of drug-likeness (QED) is 0.546. The van der Waals surface area contributed by atoms with Gasteiger partial charge in [0, 0.05) is 0 Å². The summed E-state index contributed by atoms with van der Waals surface area (Å²) < 4.78 is 0. The first-order chi connectivity index (χ1) is 5.52. The molecule has 0 aliphatic rings. The van der Waals surface area contributed by atoms with Crippen molar-refractivity contribution in [1.82, 2.24) is 0 Å². The van der Waals surface area contributed by atoms with Crippen molar-refractivity contribution in [1.29, 1.82) is 0 Å². The van der Waals surface area contributed by atoms with Gasteiger partial charge in [0.1, 0.15) is 0 Å². The van der Waals surface area contributed by atoms with E-state index in [0.717, 1.165) is 0 Å². The highest BCUT2D eigenvalue weighted by Crippen LogP contribution is 2.06. The third-order valence-corrected chi connectivity index (χ3v) is 1.57. The molecule has 3 N–H and O–H groups in total. The largest absolute Gasteiger partial charge is 0.481 e. The maximum atomic E-state index is 10.1. The van der Waals surface area contributed by atoms with Crippen LogP contribution in [-0.4, -0.2) is 33.5 Å². The predicted molar refractivity (Wildman–Crippen MR) is 43.8 cm³/mol. The number of aliphatic hydroxyl groups excluding tert-OH is 2. The molecule has 0 aliphatic carbocycles. The van der Waals surface area contributed by atoms with Crippen molar-refractivity contribution < 1.29 is 20.1 Å². The van der Waals surface area contributed by atoms with Crippen LogP contribution in [0.25, 0.3) is 0 Å². The van der Waals surface area contributed by atoms with E-state index in [2.05, 4.69) is 0 Å². The predicted octanol–water partition coefficient (Wildman–Crippen LogP) is 0.373. The van der Waals surface area contributed by atoms with Crippen molar-refractivity contribution >= 4 is 5.97 Å². The number of rotatable bonds is 6. The molecule has 0 aromatic carbocycles. The first-order valence-electron chi connectivity index (χ1n) is 4.10. The molecule has 0 unspecified atom stereocenters. The van der Waals surface area contributed by atoms with Gasteiger partial charge in [0.25, 0.3) is 0 Å². The Morgan fingerprint density at radius 1 is 1.33 bits per heavy atom. The summed E-state index contributed by atoms with van der Waals surface area (Å²) in [7, 11) is 0. The number of hydrogen-bond donors (Lipinski definition) is 3. The van der Waals surface area contributed by atoms with E-state index in [1.54, 1.807) is 6.92 Å². The van der Waals surface area contributed by atoms with Crippen LogP contribution < -0.4 is 0 Å². The Balaban J connectivity index is 3.31. The molecule has 0 rings (SSSR count). The average Bonchev–Trinajstić information content (AvgIpc) is 1.84. The third kappa shape index (κ3) is 7.50. The SMILES string of the molecule is C[C@@H](O)CCC[C@@H](O)CC(=O)O. The summed E-state index contributed by atoms with van der Waals surface area (Å²) >= 11 is 0. The minimum Gasteiger partial charge on any atom is -0.481 e. The molecule has 0 spiro atoms. The summed E-state index contributed by atoms with van der Waals surface area (Å²) in [5.74, 6) is -0.987. The Kier molecular flexibility index (Phi) is 5.66. The van der Waals surface area contributed by atoms with E-state index in [0.29, 0.717) is 19.3 Å². The zero-order valence-corrected chi connectivity index (χ0v) is 7.23. The summed E-state index contributed by atoms with van der Waals surface area (Å²) in [6.45, 7) is 1.67. The molecule has 0 heterocycles. The van der Waals surface area contributed by atoms with Crippen LogP contribution in [0, 0.1) is 0 Å². The Morgan fingerprint density at radius 3 is 2.33 bits per heavy atom. The van der Waals surface area contributed by atoms with Gasteiger partial charge in [-0.05, 0) is 26.2 Å². The number of hydrogen-bond acceptors (Lipinski definition) is 3. The normalized spacial score (nSPS) is 15.6. The van der Waals surface area contributed by atoms with Gasteiger partial charge in [0.05, 0.1) is 18.6 Å². The van der Waals surface area contributed by atoms with E-state index >= 15 is 0 Å². The second kappa shape index (κ2) is 5.97. The lowest BCUT2D eigenvalue weighted by atomic mass is 10.1. The zero-order valence-electron chi connectivity index (χ0n) is 7.23. The first kappa shape index (κ1) is 11.4. The second-order valence-electron chi connectivity index (χ2n) is 3.03. The molecule has 72 valence electrons.